The Bertz CT molecular complexity index is 327. The summed E-state index contributed by atoms with van der Waals surface area (Å²) in [6.45, 7) is 1.24. The molecule has 90 valence electrons. The Balaban J connectivity index is 1.71. The average molecular weight is 241 g/mol. The maximum atomic E-state index is 5.46. The lowest BCUT2D eigenvalue weighted by Gasteiger charge is -2.32. The summed E-state index contributed by atoms with van der Waals surface area (Å²) in [5, 5.41) is 7.42. The number of aromatic nitrogens is 3. The minimum atomic E-state index is 0.400. The summed E-state index contributed by atoms with van der Waals surface area (Å²) in [6, 6.07) is 0.734. The second-order valence-electron chi connectivity index (χ2n) is 4.27. The van der Waals surface area contributed by atoms with Crippen LogP contribution in [0.15, 0.2) is 5.16 Å². The number of rotatable bonds is 4. The molecule has 16 heavy (non-hydrogen) atoms. The standard InChI is InChI=1S/C10H19N5S/c1-15-6-3-2-4-8(15)5-7-16-10-12-9(11)13-14-10/h8H,2-7H2,1H3,(H3,11,12,13,14). The van der Waals surface area contributed by atoms with Crippen LogP contribution in [0.1, 0.15) is 25.7 Å². The summed E-state index contributed by atoms with van der Waals surface area (Å²) in [7, 11) is 2.22. The molecule has 0 bridgehead atoms. The molecule has 1 aromatic heterocycles. The van der Waals surface area contributed by atoms with Gasteiger partial charge in [-0.05, 0) is 32.9 Å². The van der Waals surface area contributed by atoms with Crippen LogP contribution in [0.25, 0.3) is 0 Å². The molecule has 1 atom stereocenters. The minimum absolute atomic E-state index is 0.400. The molecule has 0 saturated carbocycles. The molecule has 1 aliphatic heterocycles. The molecule has 1 unspecified atom stereocenters. The van der Waals surface area contributed by atoms with Gasteiger partial charge in [0, 0.05) is 11.8 Å². The molecule has 1 fully saturated rings. The van der Waals surface area contributed by atoms with Crippen molar-refractivity contribution in [2.24, 2.45) is 0 Å². The predicted molar refractivity (Wildman–Crippen MR) is 66.4 cm³/mol. The van der Waals surface area contributed by atoms with Crippen LogP contribution in [0.2, 0.25) is 0 Å². The van der Waals surface area contributed by atoms with Crippen molar-refractivity contribution in [3.05, 3.63) is 0 Å². The molecule has 1 aromatic rings. The van der Waals surface area contributed by atoms with E-state index in [0.29, 0.717) is 5.95 Å². The summed E-state index contributed by atoms with van der Waals surface area (Å²) < 4.78 is 0. The largest absolute Gasteiger partial charge is 0.368 e. The van der Waals surface area contributed by atoms with E-state index in [1.165, 1.54) is 32.2 Å². The molecule has 0 radical (unpaired) electrons. The van der Waals surface area contributed by atoms with Gasteiger partial charge in [-0.25, -0.2) is 5.10 Å². The molecule has 0 spiro atoms. The second kappa shape index (κ2) is 5.54. The van der Waals surface area contributed by atoms with Gasteiger partial charge in [-0.3, -0.25) is 0 Å². The Hall–Kier alpha value is -0.750. The number of hydrogen-bond acceptors (Lipinski definition) is 5. The Morgan fingerprint density at radius 1 is 1.56 bits per heavy atom. The summed E-state index contributed by atoms with van der Waals surface area (Å²) in [6.07, 6.45) is 5.24. The Morgan fingerprint density at radius 3 is 3.12 bits per heavy atom. The van der Waals surface area contributed by atoms with Crippen LogP contribution in [-0.4, -0.2) is 45.5 Å². The molecular weight excluding hydrogens is 222 g/mol. The van der Waals surface area contributed by atoms with E-state index in [1.54, 1.807) is 11.8 Å². The molecule has 1 saturated heterocycles. The van der Waals surface area contributed by atoms with Crippen LogP contribution in [0.3, 0.4) is 0 Å². The number of nitrogen functional groups attached to an aromatic ring is 1. The average Bonchev–Trinajstić information content (AvgIpc) is 2.67. The number of aromatic amines is 1. The number of hydrogen-bond donors (Lipinski definition) is 2. The highest BCUT2D eigenvalue weighted by Crippen LogP contribution is 2.21. The van der Waals surface area contributed by atoms with Gasteiger partial charge in [0.15, 0.2) is 0 Å². The van der Waals surface area contributed by atoms with Gasteiger partial charge in [-0.2, -0.15) is 4.98 Å². The highest BCUT2D eigenvalue weighted by molar-refractivity contribution is 7.99. The van der Waals surface area contributed by atoms with Gasteiger partial charge in [-0.1, -0.05) is 18.2 Å². The molecule has 2 heterocycles. The normalized spacial score (nSPS) is 22.4. The summed E-state index contributed by atoms with van der Waals surface area (Å²) in [4.78, 5) is 6.54. The van der Waals surface area contributed by atoms with Crippen molar-refractivity contribution >= 4 is 17.7 Å². The quantitative estimate of drug-likeness (QED) is 0.779. The fraction of sp³-hybridized carbons (Fsp3) is 0.800. The van der Waals surface area contributed by atoms with E-state index in [4.69, 9.17) is 5.73 Å². The van der Waals surface area contributed by atoms with Gasteiger partial charge >= 0.3 is 0 Å². The zero-order valence-electron chi connectivity index (χ0n) is 9.65. The lowest BCUT2D eigenvalue weighted by Crippen LogP contribution is -2.36. The fourth-order valence-corrected chi connectivity index (χ4v) is 2.96. The van der Waals surface area contributed by atoms with Crippen molar-refractivity contribution in [2.45, 2.75) is 36.9 Å². The Morgan fingerprint density at radius 2 is 2.44 bits per heavy atom. The molecule has 1 aliphatic rings. The van der Waals surface area contributed by atoms with Gasteiger partial charge in [0.05, 0.1) is 0 Å². The van der Waals surface area contributed by atoms with E-state index < -0.39 is 0 Å². The van der Waals surface area contributed by atoms with E-state index in [1.807, 2.05) is 0 Å². The molecule has 0 aromatic carbocycles. The molecular formula is C10H19N5S. The van der Waals surface area contributed by atoms with Crippen LogP contribution < -0.4 is 5.73 Å². The number of thioether (sulfide) groups is 1. The number of nitrogens with one attached hydrogen (secondary N) is 1. The van der Waals surface area contributed by atoms with Crippen molar-refractivity contribution in [3.8, 4) is 0 Å². The third kappa shape index (κ3) is 3.12. The van der Waals surface area contributed by atoms with E-state index in [-0.39, 0.29) is 0 Å². The monoisotopic (exact) mass is 241 g/mol. The third-order valence-electron chi connectivity index (χ3n) is 3.09. The Labute approximate surface area is 100 Å². The van der Waals surface area contributed by atoms with E-state index in [0.717, 1.165) is 17.0 Å². The smallest absolute Gasteiger partial charge is 0.216 e. The first-order valence-corrected chi connectivity index (χ1v) is 6.75. The number of anilines is 1. The number of likely N-dealkylation sites (tertiary alicyclic amines) is 1. The first-order valence-electron chi connectivity index (χ1n) is 5.76. The highest BCUT2D eigenvalue weighted by Gasteiger charge is 2.18. The lowest BCUT2D eigenvalue weighted by molar-refractivity contribution is 0.182. The summed E-state index contributed by atoms with van der Waals surface area (Å²) >= 11 is 1.68. The molecule has 0 aliphatic carbocycles. The number of piperidine rings is 1. The number of H-pyrrole nitrogens is 1. The summed E-state index contributed by atoms with van der Waals surface area (Å²) in [5.74, 6) is 1.46. The third-order valence-corrected chi connectivity index (χ3v) is 3.97. The van der Waals surface area contributed by atoms with Crippen molar-refractivity contribution < 1.29 is 0 Å². The molecule has 5 nitrogen and oxygen atoms in total. The molecule has 3 N–H and O–H groups in total. The van der Waals surface area contributed by atoms with Crippen LogP contribution in [0.4, 0.5) is 5.95 Å². The highest BCUT2D eigenvalue weighted by atomic mass is 32.2. The van der Waals surface area contributed by atoms with Gasteiger partial charge in [0.25, 0.3) is 0 Å². The first kappa shape index (κ1) is 11.7. The SMILES string of the molecule is CN1CCCCC1CCSc1n[nH]c(N)n1. The van der Waals surface area contributed by atoms with Crippen molar-refractivity contribution in [3.63, 3.8) is 0 Å². The zero-order chi connectivity index (χ0) is 11.4. The topological polar surface area (TPSA) is 70.8 Å². The first-order chi connectivity index (χ1) is 7.75. The van der Waals surface area contributed by atoms with Crippen molar-refractivity contribution in [1.82, 2.24) is 20.1 Å². The number of nitrogens with zero attached hydrogens (tertiary/aromatic N) is 3. The zero-order valence-corrected chi connectivity index (χ0v) is 10.5. The van der Waals surface area contributed by atoms with Crippen LogP contribution in [0.5, 0.6) is 0 Å². The molecule has 6 heteroatoms. The minimum Gasteiger partial charge on any atom is -0.368 e. The van der Waals surface area contributed by atoms with Gasteiger partial charge in [0.1, 0.15) is 0 Å². The van der Waals surface area contributed by atoms with Crippen LogP contribution in [-0.2, 0) is 0 Å². The van der Waals surface area contributed by atoms with E-state index in [2.05, 4.69) is 27.1 Å². The van der Waals surface area contributed by atoms with Crippen LogP contribution in [0, 0.1) is 0 Å². The van der Waals surface area contributed by atoms with E-state index in [9.17, 15) is 0 Å². The fourth-order valence-electron chi connectivity index (χ4n) is 2.12. The molecule has 0 amide bonds. The lowest BCUT2D eigenvalue weighted by atomic mass is 10.0. The van der Waals surface area contributed by atoms with Gasteiger partial charge < -0.3 is 10.6 Å². The maximum Gasteiger partial charge on any atom is 0.216 e. The van der Waals surface area contributed by atoms with Gasteiger partial charge in [-0.15, -0.1) is 5.10 Å². The Kier molecular flexibility index (Phi) is 4.06. The van der Waals surface area contributed by atoms with Crippen LogP contribution >= 0.6 is 11.8 Å². The van der Waals surface area contributed by atoms with Crippen molar-refractivity contribution in [2.75, 3.05) is 25.1 Å². The maximum absolute atomic E-state index is 5.46. The van der Waals surface area contributed by atoms with E-state index >= 15 is 0 Å². The van der Waals surface area contributed by atoms with Crippen molar-refractivity contribution in [1.29, 1.82) is 0 Å². The number of nitrogens with two attached hydrogens (primary N) is 1. The van der Waals surface area contributed by atoms with Gasteiger partial charge in [0.2, 0.25) is 11.1 Å². The predicted octanol–water partition coefficient (Wildman–Crippen LogP) is 1.35. The summed E-state index contributed by atoms with van der Waals surface area (Å²) in [5.41, 5.74) is 5.46. The molecule has 2 rings (SSSR count). The second-order valence-corrected chi connectivity index (χ2v) is 5.33.